The molecule has 1 aromatic carbocycles. The van der Waals surface area contributed by atoms with Gasteiger partial charge in [0.2, 0.25) is 0 Å². The van der Waals surface area contributed by atoms with Crippen molar-refractivity contribution in [1.29, 1.82) is 0 Å². The summed E-state index contributed by atoms with van der Waals surface area (Å²) in [6, 6.07) is 8.03. The number of halogens is 2. The number of rotatable bonds is 6. The molecule has 0 bridgehead atoms. The highest BCUT2D eigenvalue weighted by molar-refractivity contribution is 14.0. The summed E-state index contributed by atoms with van der Waals surface area (Å²) in [5.74, 6) is 0.822. The van der Waals surface area contributed by atoms with E-state index in [9.17, 15) is 0 Å². The zero-order chi connectivity index (χ0) is 16.7. The summed E-state index contributed by atoms with van der Waals surface area (Å²) in [6.45, 7) is 7.80. The molecule has 1 heterocycles. The maximum absolute atomic E-state index is 5.94. The van der Waals surface area contributed by atoms with Crippen LogP contribution in [0.2, 0.25) is 5.02 Å². The van der Waals surface area contributed by atoms with Gasteiger partial charge in [0.05, 0.1) is 11.0 Å². The van der Waals surface area contributed by atoms with Gasteiger partial charge >= 0.3 is 0 Å². The first kappa shape index (κ1) is 21.2. The Labute approximate surface area is 170 Å². The van der Waals surface area contributed by atoms with Crippen LogP contribution >= 0.6 is 46.9 Å². The van der Waals surface area contributed by atoms with Gasteiger partial charge in [-0.25, -0.2) is 4.98 Å². The minimum atomic E-state index is 0. The smallest absolute Gasteiger partial charge is 0.191 e. The number of thiazole rings is 1. The molecule has 0 fully saturated rings. The molecule has 24 heavy (non-hydrogen) atoms. The van der Waals surface area contributed by atoms with Crippen molar-refractivity contribution < 1.29 is 0 Å². The van der Waals surface area contributed by atoms with Gasteiger partial charge in [-0.3, -0.25) is 4.99 Å². The van der Waals surface area contributed by atoms with Crippen LogP contribution in [0.3, 0.4) is 0 Å². The lowest BCUT2D eigenvalue weighted by Gasteiger charge is -2.18. The van der Waals surface area contributed by atoms with Crippen molar-refractivity contribution in [3.8, 4) is 0 Å². The van der Waals surface area contributed by atoms with Gasteiger partial charge in [0.1, 0.15) is 0 Å². The molecule has 4 nitrogen and oxygen atoms in total. The van der Waals surface area contributed by atoms with Gasteiger partial charge in [-0.2, -0.15) is 0 Å². The molecule has 132 valence electrons. The maximum atomic E-state index is 5.94. The number of nitrogens with zero attached hydrogens (tertiary/aromatic N) is 2. The maximum Gasteiger partial charge on any atom is 0.191 e. The fourth-order valence-corrected chi connectivity index (χ4v) is 3.04. The van der Waals surface area contributed by atoms with E-state index in [1.165, 1.54) is 10.4 Å². The van der Waals surface area contributed by atoms with E-state index in [2.05, 4.69) is 41.4 Å². The third-order valence-electron chi connectivity index (χ3n) is 3.33. The van der Waals surface area contributed by atoms with Crippen molar-refractivity contribution in [3.63, 3.8) is 0 Å². The first-order valence-electron chi connectivity index (χ1n) is 7.80. The van der Waals surface area contributed by atoms with Crippen LogP contribution in [-0.2, 0) is 6.42 Å². The SMILES string of the molecule is CCNC(=NCCc1ncc(C)s1)NC(C)c1ccc(Cl)cc1.I. The fraction of sp³-hybridized carbons (Fsp3) is 0.412. The van der Waals surface area contributed by atoms with Gasteiger partial charge in [0.25, 0.3) is 0 Å². The van der Waals surface area contributed by atoms with Crippen molar-refractivity contribution in [2.24, 2.45) is 4.99 Å². The van der Waals surface area contributed by atoms with Crippen LogP contribution in [0.25, 0.3) is 0 Å². The number of nitrogens with one attached hydrogen (secondary N) is 2. The normalized spacial score (nSPS) is 12.4. The van der Waals surface area contributed by atoms with Crippen LogP contribution in [0.15, 0.2) is 35.5 Å². The van der Waals surface area contributed by atoms with E-state index in [4.69, 9.17) is 11.6 Å². The Morgan fingerprint density at radius 2 is 2.04 bits per heavy atom. The number of aryl methyl sites for hydroxylation is 1. The van der Waals surface area contributed by atoms with Crippen molar-refractivity contribution in [2.45, 2.75) is 33.2 Å². The Balaban J connectivity index is 0.00000288. The molecular weight excluding hydrogens is 455 g/mol. The number of guanidine groups is 1. The van der Waals surface area contributed by atoms with E-state index in [-0.39, 0.29) is 30.0 Å². The van der Waals surface area contributed by atoms with Crippen LogP contribution in [0, 0.1) is 6.92 Å². The second kappa shape index (κ2) is 10.9. The Bertz CT molecular complexity index is 642. The standard InChI is InChI=1S/C17H23ClN4S.HI/c1-4-19-17(20-10-9-16-21-11-12(2)23-16)22-13(3)14-5-7-15(18)8-6-14;/h5-8,11,13H,4,9-10H2,1-3H3,(H2,19,20,22);1H. The molecule has 0 radical (unpaired) electrons. The summed E-state index contributed by atoms with van der Waals surface area (Å²) < 4.78 is 0. The molecule has 0 spiro atoms. The number of aromatic nitrogens is 1. The van der Waals surface area contributed by atoms with Gasteiger partial charge in [-0.1, -0.05) is 23.7 Å². The molecule has 2 N–H and O–H groups in total. The lowest BCUT2D eigenvalue weighted by Crippen LogP contribution is -2.38. The fourth-order valence-electron chi connectivity index (χ4n) is 2.14. The molecular formula is C17H24ClIN4S. The molecule has 1 unspecified atom stereocenters. The number of aliphatic imine (C=N–C) groups is 1. The number of hydrogen-bond acceptors (Lipinski definition) is 3. The van der Waals surface area contributed by atoms with E-state index in [1.807, 2.05) is 30.5 Å². The summed E-state index contributed by atoms with van der Waals surface area (Å²) in [4.78, 5) is 10.2. The second-order valence-electron chi connectivity index (χ2n) is 5.29. The Hall–Kier alpha value is -0.860. The second-order valence-corrected chi connectivity index (χ2v) is 7.05. The summed E-state index contributed by atoms with van der Waals surface area (Å²) in [5, 5.41) is 8.59. The van der Waals surface area contributed by atoms with Crippen molar-refractivity contribution in [2.75, 3.05) is 13.1 Å². The van der Waals surface area contributed by atoms with Crippen molar-refractivity contribution in [1.82, 2.24) is 15.6 Å². The molecule has 2 rings (SSSR count). The average molecular weight is 479 g/mol. The molecule has 0 aliphatic rings. The first-order chi connectivity index (χ1) is 11.1. The predicted molar refractivity (Wildman–Crippen MR) is 115 cm³/mol. The van der Waals surface area contributed by atoms with Crippen LogP contribution in [0.1, 0.15) is 35.3 Å². The summed E-state index contributed by atoms with van der Waals surface area (Å²) >= 11 is 7.67. The lowest BCUT2D eigenvalue weighted by atomic mass is 10.1. The molecule has 0 saturated carbocycles. The molecule has 0 aliphatic carbocycles. The van der Waals surface area contributed by atoms with Gasteiger partial charge in [-0.05, 0) is 38.5 Å². The van der Waals surface area contributed by atoms with Crippen molar-refractivity contribution in [3.05, 3.63) is 50.9 Å². The molecule has 0 amide bonds. The van der Waals surface area contributed by atoms with Crippen LogP contribution in [0.5, 0.6) is 0 Å². The number of hydrogen-bond donors (Lipinski definition) is 2. The molecule has 0 aliphatic heterocycles. The van der Waals surface area contributed by atoms with Gasteiger partial charge in [-0.15, -0.1) is 35.3 Å². The minimum Gasteiger partial charge on any atom is -0.357 e. The topological polar surface area (TPSA) is 49.3 Å². The monoisotopic (exact) mass is 478 g/mol. The van der Waals surface area contributed by atoms with Gasteiger partial charge in [0.15, 0.2) is 5.96 Å². The largest absolute Gasteiger partial charge is 0.357 e. The minimum absolute atomic E-state index is 0. The third kappa shape index (κ3) is 6.94. The summed E-state index contributed by atoms with van der Waals surface area (Å²) in [5.41, 5.74) is 1.18. The van der Waals surface area contributed by atoms with Crippen LogP contribution in [0.4, 0.5) is 0 Å². The summed E-state index contributed by atoms with van der Waals surface area (Å²) in [6.07, 6.45) is 2.78. The average Bonchev–Trinajstić information content (AvgIpc) is 2.93. The van der Waals surface area contributed by atoms with E-state index < -0.39 is 0 Å². The van der Waals surface area contributed by atoms with E-state index in [1.54, 1.807) is 11.3 Å². The highest BCUT2D eigenvalue weighted by Gasteiger charge is 2.07. The molecule has 2 aromatic rings. The predicted octanol–water partition coefficient (Wildman–Crippen LogP) is 4.58. The molecule has 1 atom stereocenters. The Morgan fingerprint density at radius 3 is 2.62 bits per heavy atom. The van der Waals surface area contributed by atoms with Gasteiger partial charge in [0, 0.05) is 35.6 Å². The van der Waals surface area contributed by atoms with Crippen LogP contribution in [-0.4, -0.2) is 24.0 Å². The van der Waals surface area contributed by atoms with Crippen LogP contribution < -0.4 is 10.6 Å². The molecule has 1 aromatic heterocycles. The molecule has 7 heteroatoms. The van der Waals surface area contributed by atoms with E-state index in [0.717, 1.165) is 35.5 Å². The van der Waals surface area contributed by atoms with Crippen molar-refractivity contribution >= 4 is 52.9 Å². The highest BCUT2D eigenvalue weighted by atomic mass is 127. The highest BCUT2D eigenvalue weighted by Crippen LogP contribution is 2.16. The van der Waals surface area contributed by atoms with Gasteiger partial charge < -0.3 is 10.6 Å². The summed E-state index contributed by atoms with van der Waals surface area (Å²) in [7, 11) is 0. The molecule has 0 saturated heterocycles. The third-order valence-corrected chi connectivity index (χ3v) is 4.56. The zero-order valence-electron chi connectivity index (χ0n) is 14.2. The number of benzene rings is 1. The lowest BCUT2D eigenvalue weighted by molar-refractivity contribution is 0.686. The zero-order valence-corrected chi connectivity index (χ0v) is 18.1. The van der Waals surface area contributed by atoms with E-state index in [0.29, 0.717) is 0 Å². The Kier molecular flexibility index (Phi) is 9.61. The van der Waals surface area contributed by atoms with E-state index >= 15 is 0 Å². The Morgan fingerprint density at radius 1 is 1.33 bits per heavy atom. The first-order valence-corrected chi connectivity index (χ1v) is 8.99. The quantitative estimate of drug-likeness (QED) is 0.363.